The Bertz CT molecular complexity index is 597. The number of aryl methyl sites for hydroxylation is 4. The summed E-state index contributed by atoms with van der Waals surface area (Å²) in [5.74, 6) is 0. The lowest BCUT2D eigenvalue weighted by atomic mass is 9.80. The molecular weight excluding hydrogens is 240 g/mol. The molecule has 4 aliphatic carbocycles. The van der Waals surface area contributed by atoms with Crippen LogP contribution in [0.1, 0.15) is 48.6 Å². The smallest absolute Gasteiger partial charge is 0.0129 e. The van der Waals surface area contributed by atoms with Crippen LogP contribution in [0, 0.1) is 0 Å². The van der Waals surface area contributed by atoms with E-state index in [1.54, 1.807) is 0 Å². The summed E-state index contributed by atoms with van der Waals surface area (Å²) in [5.41, 5.74) is 7.67. The molecule has 2 aromatic carbocycles. The van der Waals surface area contributed by atoms with Crippen LogP contribution in [-0.2, 0) is 31.1 Å². The summed E-state index contributed by atoms with van der Waals surface area (Å²) < 4.78 is 0. The largest absolute Gasteiger partial charge is 0.0588 e. The molecule has 0 spiro atoms. The highest BCUT2D eigenvalue weighted by atomic mass is 14.2. The summed E-state index contributed by atoms with van der Waals surface area (Å²) in [5, 5.41) is 0. The van der Waals surface area contributed by atoms with Crippen molar-refractivity contribution in [1.82, 2.24) is 0 Å². The molecule has 0 atom stereocenters. The van der Waals surface area contributed by atoms with Gasteiger partial charge in [0.15, 0.2) is 0 Å². The molecule has 2 aromatic rings. The third kappa shape index (κ3) is 2.80. The van der Waals surface area contributed by atoms with Gasteiger partial charge in [0.1, 0.15) is 0 Å². The Kier molecular flexibility index (Phi) is 3.41. The Morgan fingerprint density at radius 2 is 1.15 bits per heavy atom. The van der Waals surface area contributed by atoms with Crippen molar-refractivity contribution in [2.45, 2.75) is 51.9 Å². The van der Waals surface area contributed by atoms with Crippen LogP contribution in [0.5, 0.6) is 0 Å². The molecule has 0 fully saturated rings. The van der Waals surface area contributed by atoms with Crippen LogP contribution in [0.2, 0.25) is 0 Å². The van der Waals surface area contributed by atoms with Crippen LogP contribution in [0.25, 0.3) is 0 Å². The highest BCUT2D eigenvalue weighted by molar-refractivity contribution is 5.38. The maximum absolute atomic E-state index is 2.45. The van der Waals surface area contributed by atoms with Gasteiger partial charge in [0, 0.05) is 0 Å². The first-order valence-corrected chi connectivity index (χ1v) is 7.72. The molecule has 6 rings (SSSR count). The van der Waals surface area contributed by atoms with Crippen LogP contribution < -0.4 is 0 Å². The second-order valence-corrected chi connectivity index (χ2v) is 7.06. The van der Waals surface area contributed by atoms with E-state index in [1.807, 2.05) is 0 Å². The highest BCUT2D eigenvalue weighted by Gasteiger charge is 2.18. The third-order valence-corrected chi connectivity index (χ3v) is 4.39. The first-order valence-electron chi connectivity index (χ1n) is 7.72. The molecule has 0 nitrogen and oxygen atoms in total. The van der Waals surface area contributed by atoms with Crippen molar-refractivity contribution in [3.63, 3.8) is 0 Å². The molecule has 4 aliphatic rings. The minimum absolute atomic E-state index is 0.234. The van der Waals surface area contributed by atoms with Gasteiger partial charge in [-0.3, -0.25) is 0 Å². The van der Waals surface area contributed by atoms with Crippen LogP contribution in [-0.4, -0.2) is 0 Å². The van der Waals surface area contributed by atoms with Crippen molar-refractivity contribution in [3.05, 3.63) is 70.3 Å². The topological polar surface area (TPSA) is 0 Å². The van der Waals surface area contributed by atoms with E-state index >= 15 is 0 Å². The van der Waals surface area contributed by atoms with E-state index in [-0.39, 0.29) is 5.41 Å². The van der Waals surface area contributed by atoms with Crippen LogP contribution in [0.15, 0.2) is 42.5 Å². The molecule has 0 radical (unpaired) electrons. The van der Waals surface area contributed by atoms with Crippen molar-refractivity contribution < 1.29 is 0 Å². The zero-order valence-electron chi connectivity index (χ0n) is 12.9. The van der Waals surface area contributed by atoms with Gasteiger partial charge in [0.2, 0.25) is 0 Å². The zero-order chi connectivity index (χ0) is 14.2. The van der Waals surface area contributed by atoms with Gasteiger partial charge in [-0.2, -0.15) is 0 Å². The highest BCUT2D eigenvalue weighted by Crippen LogP contribution is 2.29. The summed E-state index contributed by atoms with van der Waals surface area (Å²) >= 11 is 0. The summed E-state index contributed by atoms with van der Waals surface area (Å²) in [6.45, 7) is 6.99. The van der Waals surface area contributed by atoms with Gasteiger partial charge in [-0.25, -0.2) is 0 Å². The fourth-order valence-corrected chi connectivity index (χ4v) is 3.14. The van der Waals surface area contributed by atoms with Crippen molar-refractivity contribution in [3.8, 4) is 0 Å². The fraction of sp³-hybridized carbons (Fsp3) is 0.400. The summed E-state index contributed by atoms with van der Waals surface area (Å²) in [7, 11) is 0. The van der Waals surface area contributed by atoms with Crippen LogP contribution >= 0.6 is 0 Å². The van der Waals surface area contributed by atoms with Crippen molar-refractivity contribution in [1.29, 1.82) is 0 Å². The number of rotatable bonds is 0. The quantitative estimate of drug-likeness (QED) is 0.637. The molecule has 0 aliphatic heterocycles. The minimum atomic E-state index is 0.234. The first kappa shape index (κ1) is 13.4. The third-order valence-electron chi connectivity index (χ3n) is 4.39. The Balaban J connectivity index is 2.04. The maximum Gasteiger partial charge on any atom is -0.0129 e. The van der Waals surface area contributed by atoms with Crippen molar-refractivity contribution in [2.75, 3.05) is 0 Å². The van der Waals surface area contributed by atoms with Gasteiger partial charge in [-0.05, 0) is 58.9 Å². The number of hydrogen-bond acceptors (Lipinski definition) is 0. The Labute approximate surface area is 122 Å². The predicted octanol–water partition coefficient (Wildman–Crippen LogP) is 4.87. The lowest BCUT2D eigenvalue weighted by Crippen LogP contribution is -2.15. The Hall–Kier alpha value is -1.56. The molecule has 0 N–H and O–H groups in total. The fourth-order valence-electron chi connectivity index (χ4n) is 3.14. The van der Waals surface area contributed by atoms with E-state index < -0.39 is 0 Å². The second kappa shape index (κ2) is 5.09. The van der Waals surface area contributed by atoms with Gasteiger partial charge < -0.3 is 0 Å². The van der Waals surface area contributed by atoms with Gasteiger partial charge in [0.05, 0.1) is 0 Å². The molecule has 0 aromatic heterocycles. The predicted molar refractivity (Wildman–Crippen MR) is 86.4 cm³/mol. The molecule has 0 heteroatoms. The van der Waals surface area contributed by atoms with E-state index in [9.17, 15) is 0 Å². The molecule has 0 heterocycles. The minimum Gasteiger partial charge on any atom is -0.0588 e. The molecule has 20 heavy (non-hydrogen) atoms. The molecule has 0 saturated heterocycles. The average molecular weight is 264 g/mol. The molecule has 0 saturated carbocycles. The SMILES string of the molecule is CC(C)(C)c1cc2ccc1CCc1ccc(cc1)CC2. The van der Waals surface area contributed by atoms with E-state index in [1.165, 1.54) is 27.8 Å². The van der Waals surface area contributed by atoms with E-state index in [0.29, 0.717) is 0 Å². The Morgan fingerprint density at radius 3 is 1.75 bits per heavy atom. The molecule has 0 amide bonds. The lowest BCUT2D eigenvalue weighted by molar-refractivity contribution is 0.580. The van der Waals surface area contributed by atoms with Gasteiger partial charge in [-0.1, -0.05) is 63.2 Å². The van der Waals surface area contributed by atoms with Crippen molar-refractivity contribution >= 4 is 0 Å². The van der Waals surface area contributed by atoms with E-state index in [4.69, 9.17) is 0 Å². The standard InChI is InChI=1S/C20H24/c1-20(2,3)19-14-17-9-8-15-4-6-16(7-5-15)10-12-18(19)13-11-17/h4-7,11,13-14H,8-10,12H2,1-3H3. The van der Waals surface area contributed by atoms with E-state index in [0.717, 1.165) is 25.7 Å². The Morgan fingerprint density at radius 1 is 0.650 bits per heavy atom. The van der Waals surface area contributed by atoms with Gasteiger partial charge in [0.25, 0.3) is 0 Å². The normalized spacial score (nSPS) is 14.9. The first-order chi connectivity index (χ1) is 9.52. The van der Waals surface area contributed by atoms with Gasteiger partial charge in [-0.15, -0.1) is 0 Å². The summed E-state index contributed by atoms with van der Waals surface area (Å²) in [4.78, 5) is 0. The van der Waals surface area contributed by atoms with Gasteiger partial charge >= 0.3 is 0 Å². The lowest BCUT2D eigenvalue weighted by Gasteiger charge is -2.24. The molecular formula is C20H24. The van der Waals surface area contributed by atoms with Crippen molar-refractivity contribution in [2.24, 2.45) is 0 Å². The number of benzene rings is 2. The monoisotopic (exact) mass is 264 g/mol. The zero-order valence-corrected chi connectivity index (χ0v) is 12.9. The summed E-state index contributed by atoms with van der Waals surface area (Å²) in [6.07, 6.45) is 4.57. The maximum atomic E-state index is 2.45. The molecule has 4 bridgehead atoms. The molecule has 0 unspecified atom stereocenters. The van der Waals surface area contributed by atoms with E-state index in [2.05, 4.69) is 63.2 Å². The van der Waals surface area contributed by atoms with Crippen LogP contribution in [0.3, 0.4) is 0 Å². The number of hydrogen-bond donors (Lipinski definition) is 0. The second-order valence-electron chi connectivity index (χ2n) is 7.06. The molecule has 104 valence electrons. The average Bonchev–Trinajstić information content (AvgIpc) is 2.40. The summed E-state index contributed by atoms with van der Waals surface area (Å²) in [6, 6.07) is 16.4. The van der Waals surface area contributed by atoms with Crippen LogP contribution in [0.4, 0.5) is 0 Å².